The zero-order chi connectivity index (χ0) is 25.3. The molecule has 2 rings (SSSR count). The Labute approximate surface area is 205 Å². The van der Waals surface area contributed by atoms with Gasteiger partial charge in [-0.2, -0.15) is 0 Å². The van der Waals surface area contributed by atoms with Crippen molar-refractivity contribution in [1.82, 2.24) is 0 Å². The molecule has 182 valence electrons. The van der Waals surface area contributed by atoms with Crippen molar-refractivity contribution in [2.24, 2.45) is 0 Å². The normalized spacial score (nSPS) is 16.7. The summed E-state index contributed by atoms with van der Waals surface area (Å²) in [4.78, 5) is 25.5. The Kier molecular flexibility index (Phi) is 10.2. The SMILES string of the molecule is CC(C)=CCC/C(C)=C/CC/C(C)=C/CCC(C)(O)/C=C/C1=C(C)C(=O)c2ccccc2C1=O. The van der Waals surface area contributed by atoms with Crippen LogP contribution in [0.3, 0.4) is 0 Å². The van der Waals surface area contributed by atoms with E-state index >= 15 is 0 Å². The van der Waals surface area contributed by atoms with Crippen LogP contribution in [0.5, 0.6) is 0 Å². The molecule has 34 heavy (non-hydrogen) atoms. The molecule has 1 atom stereocenters. The van der Waals surface area contributed by atoms with Crippen molar-refractivity contribution in [2.45, 2.75) is 85.7 Å². The van der Waals surface area contributed by atoms with Gasteiger partial charge in [0.2, 0.25) is 0 Å². The number of allylic oxidation sites excluding steroid dienone is 9. The lowest BCUT2D eigenvalue weighted by atomic mass is 9.84. The minimum Gasteiger partial charge on any atom is -0.386 e. The van der Waals surface area contributed by atoms with Crippen molar-refractivity contribution in [3.63, 3.8) is 0 Å². The van der Waals surface area contributed by atoms with Crippen LogP contribution in [-0.2, 0) is 0 Å². The smallest absolute Gasteiger partial charge is 0.194 e. The molecule has 0 radical (unpaired) electrons. The molecule has 0 aliphatic heterocycles. The van der Waals surface area contributed by atoms with Crippen LogP contribution in [-0.4, -0.2) is 22.3 Å². The first-order chi connectivity index (χ1) is 16.0. The summed E-state index contributed by atoms with van der Waals surface area (Å²) in [6, 6.07) is 6.90. The van der Waals surface area contributed by atoms with E-state index < -0.39 is 5.60 Å². The van der Waals surface area contributed by atoms with Gasteiger partial charge in [0.15, 0.2) is 11.6 Å². The van der Waals surface area contributed by atoms with Gasteiger partial charge in [-0.15, -0.1) is 0 Å². The second kappa shape index (κ2) is 12.6. The number of carbonyl (C=O) groups excluding carboxylic acids is 2. The second-order valence-electron chi connectivity index (χ2n) is 9.93. The van der Waals surface area contributed by atoms with Crippen molar-refractivity contribution in [1.29, 1.82) is 0 Å². The molecule has 3 nitrogen and oxygen atoms in total. The Balaban J connectivity index is 1.90. The molecule has 0 heterocycles. The molecule has 0 bridgehead atoms. The third-order valence-corrected chi connectivity index (χ3v) is 6.28. The van der Waals surface area contributed by atoms with Crippen LogP contribution >= 0.6 is 0 Å². The summed E-state index contributed by atoms with van der Waals surface area (Å²) in [5.74, 6) is -0.297. The summed E-state index contributed by atoms with van der Waals surface area (Å²) in [5, 5.41) is 10.8. The fraction of sp³-hybridized carbons (Fsp3) is 0.419. The van der Waals surface area contributed by atoms with Crippen molar-refractivity contribution in [2.75, 3.05) is 0 Å². The average Bonchev–Trinajstić information content (AvgIpc) is 2.77. The lowest BCUT2D eigenvalue weighted by Gasteiger charge is -2.20. The van der Waals surface area contributed by atoms with Gasteiger partial charge in [-0.25, -0.2) is 0 Å². The van der Waals surface area contributed by atoms with E-state index in [2.05, 4.69) is 45.9 Å². The molecular formula is C31H40O3. The molecule has 0 saturated carbocycles. The molecule has 1 aromatic rings. The topological polar surface area (TPSA) is 54.4 Å². The molecule has 0 amide bonds. The van der Waals surface area contributed by atoms with E-state index in [9.17, 15) is 14.7 Å². The Morgan fingerprint density at radius 3 is 1.97 bits per heavy atom. The lowest BCUT2D eigenvalue weighted by Crippen LogP contribution is -2.23. The van der Waals surface area contributed by atoms with Crippen molar-refractivity contribution in [3.8, 4) is 0 Å². The van der Waals surface area contributed by atoms with Gasteiger partial charge >= 0.3 is 0 Å². The number of rotatable bonds is 11. The number of benzene rings is 1. The Morgan fingerprint density at radius 2 is 1.38 bits per heavy atom. The zero-order valence-corrected chi connectivity index (χ0v) is 21.7. The number of carbonyl (C=O) groups is 2. The van der Waals surface area contributed by atoms with E-state index in [1.54, 1.807) is 50.3 Å². The molecule has 1 N–H and O–H groups in total. The van der Waals surface area contributed by atoms with Crippen LogP contribution in [0.25, 0.3) is 0 Å². The number of aliphatic hydroxyl groups is 1. The van der Waals surface area contributed by atoms with Gasteiger partial charge in [0.05, 0.1) is 5.60 Å². The number of hydrogen-bond donors (Lipinski definition) is 1. The van der Waals surface area contributed by atoms with E-state index in [1.165, 1.54) is 16.7 Å². The summed E-state index contributed by atoms with van der Waals surface area (Å²) in [6.07, 6.45) is 15.6. The molecule has 1 unspecified atom stereocenters. The summed E-state index contributed by atoms with van der Waals surface area (Å²) >= 11 is 0. The average molecular weight is 461 g/mol. The summed E-state index contributed by atoms with van der Waals surface area (Å²) < 4.78 is 0. The summed E-state index contributed by atoms with van der Waals surface area (Å²) in [6.45, 7) is 12.0. The van der Waals surface area contributed by atoms with E-state index in [0.29, 0.717) is 28.7 Å². The van der Waals surface area contributed by atoms with Crippen LogP contribution in [0, 0.1) is 0 Å². The maximum absolute atomic E-state index is 12.9. The second-order valence-corrected chi connectivity index (χ2v) is 9.93. The van der Waals surface area contributed by atoms with Gasteiger partial charge in [0, 0.05) is 22.3 Å². The minimum atomic E-state index is -1.06. The van der Waals surface area contributed by atoms with Gasteiger partial charge in [-0.05, 0) is 80.1 Å². The van der Waals surface area contributed by atoms with Crippen LogP contribution in [0.1, 0.15) is 101 Å². The monoisotopic (exact) mass is 460 g/mol. The predicted molar refractivity (Wildman–Crippen MR) is 142 cm³/mol. The highest BCUT2D eigenvalue weighted by Gasteiger charge is 2.28. The molecule has 1 aromatic carbocycles. The largest absolute Gasteiger partial charge is 0.386 e. The van der Waals surface area contributed by atoms with Crippen LogP contribution in [0.2, 0.25) is 0 Å². The molecule has 3 heteroatoms. The number of hydrogen-bond acceptors (Lipinski definition) is 3. The minimum absolute atomic E-state index is 0.130. The highest BCUT2D eigenvalue weighted by molar-refractivity contribution is 6.27. The molecule has 1 aliphatic rings. The van der Waals surface area contributed by atoms with Gasteiger partial charge in [0.25, 0.3) is 0 Å². The van der Waals surface area contributed by atoms with E-state index in [-0.39, 0.29) is 11.6 Å². The summed E-state index contributed by atoms with van der Waals surface area (Å²) in [5.41, 5.74) is 4.72. The maximum Gasteiger partial charge on any atom is 0.194 e. The van der Waals surface area contributed by atoms with Gasteiger partial charge in [0.1, 0.15) is 0 Å². The first kappa shape index (κ1) is 27.5. The Hall–Kier alpha value is -2.78. The van der Waals surface area contributed by atoms with Crippen molar-refractivity contribution < 1.29 is 14.7 Å². The third kappa shape index (κ3) is 8.22. The van der Waals surface area contributed by atoms with E-state index in [4.69, 9.17) is 0 Å². The fourth-order valence-electron chi connectivity index (χ4n) is 4.02. The number of Topliss-reactive ketones (excluding diaryl/α,β-unsaturated/α-hetero) is 2. The van der Waals surface area contributed by atoms with Crippen molar-refractivity contribution in [3.05, 3.63) is 93.6 Å². The first-order valence-corrected chi connectivity index (χ1v) is 12.3. The molecular weight excluding hydrogens is 420 g/mol. The Bertz CT molecular complexity index is 1050. The van der Waals surface area contributed by atoms with Gasteiger partial charge in [-0.1, -0.05) is 71.4 Å². The Morgan fingerprint density at radius 1 is 0.853 bits per heavy atom. The van der Waals surface area contributed by atoms with Crippen molar-refractivity contribution >= 4 is 11.6 Å². The van der Waals surface area contributed by atoms with Crippen LogP contribution in [0.15, 0.2) is 82.5 Å². The predicted octanol–water partition coefficient (Wildman–Crippen LogP) is 7.89. The first-order valence-electron chi connectivity index (χ1n) is 12.3. The van der Waals surface area contributed by atoms with E-state index in [1.807, 2.05) is 0 Å². The fourth-order valence-corrected chi connectivity index (χ4v) is 4.02. The third-order valence-electron chi connectivity index (χ3n) is 6.28. The van der Waals surface area contributed by atoms with Crippen LogP contribution < -0.4 is 0 Å². The maximum atomic E-state index is 12.9. The molecule has 0 fully saturated rings. The van der Waals surface area contributed by atoms with Gasteiger partial charge in [-0.3, -0.25) is 9.59 Å². The lowest BCUT2D eigenvalue weighted by molar-refractivity contribution is 0.0972. The quantitative estimate of drug-likeness (QED) is 0.342. The molecule has 0 saturated heterocycles. The summed E-state index contributed by atoms with van der Waals surface area (Å²) in [7, 11) is 0. The van der Waals surface area contributed by atoms with E-state index in [0.717, 1.165) is 32.1 Å². The molecule has 0 spiro atoms. The zero-order valence-electron chi connectivity index (χ0n) is 21.7. The van der Waals surface area contributed by atoms with Gasteiger partial charge < -0.3 is 5.11 Å². The highest BCUT2D eigenvalue weighted by atomic mass is 16.3. The molecule has 1 aliphatic carbocycles. The highest BCUT2D eigenvalue weighted by Crippen LogP contribution is 2.28. The van der Waals surface area contributed by atoms with Crippen LogP contribution in [0.4, 0.5) is 0 Å². The number of ketones is 2. The molecule has 0 aromatic heterocycles. The number of fused-ring (bicyclic) bond motifs is 1. The standard InChI is InChI=1S/C31H40O3/c1-22(2)12-9-13-23(3)14-10-15-24(4)16-11-20-31(6,34)21-19-26-25(5)29(32)27-17-7-8-18-28(27)30(26)33/h7-8,12,14,16-19,21,34H,9-11,13,15,20H2,1-6H3/b21-19+,23-14+,24-16+.